The van der Waals surface area contributed by atoms with Crippen molar-refractivity contribution in [1.29, 1.82) is 0 Å². The molecule has 0 radical (unpaired) electrons. The zero-order valence-corrected chi connectivity index (χ0v) is 14.2. The lowest BCUT2D eigenvalue weighted by Gasteiger charge is -2.12. The summed E-state index contributed by atoms with van der Waals surface area (Å²) in [6, 6.07) is 14.6. The average molecular weight is 329 g/mol. The van der Waals surface area contributed by atoms with Crippen LogP contribution in [0, 0.1) is 5.82 Å². The van der Waals surface area contributed by atoms with Crippen LogP contribution in [0.25, 0.3) is 0 Å². The molecule has 2 aromatic rings. The summed E-state index contributed by atoms with van der Waals surface area (Å²) in [5.74, 6) is 1.28. The van der Waals surface area contributed by atoms with Crippen LogP contribution >= 0.6 is 0 Å². The molecule has 2 N–H and O–H groups in total. The summed E-state index contributed by atoms with van der Waals surface area (Å²) < 4.78 is 19.2. The molecule has 0 aliphatic heterocycles. The molecule has 0 bridgehead atoms. The first-order valence-corrected chi connectivity index (χ1v) is 8.20. The van der Waals surface area contributed by atoms with Gasteiger partial charge in [-0.15, -0.1) is 0 Å². The molecule has 2 rings (SSSR count). The molecule has 24 heavy (non-hydrogen) atoms. The Labute approximate surface area is 142 Å². The molecule has 5 heteroatoms. The van der Waals surface area contributed by atoms with Gasteiger partial charge in [0.25, 0.3) is 0 Å². The van der Waals surface area contributed by atoms with Crippen molar-refractivity contribution in [3.63, 3.8) is 0 Å². The molecule has 4 nitrogen and oxygen atoms in total. The second-order valence-electron chi connectivity index (χ2n) is 5.22. The summed E-state index contributed by atoms with van der Waals surface area (Å²) in [5, 5.41) is 6.32. The maximum atomic E-state index is 13.7. The van der Waals surface area contributed by atoms with Crippen molar-refractivity contribution >= 4 is 5.96 Å². The molecule has 0 spiro atoms. The van der Waals surface area contributed by atoms with Gasteiger partial charge < -0.3 is 15.4 Å². The van der Waals surface area contributed by atoms with E-state index < -0.39 is 0 Å². The second-order valence-corrected chi connectivity index (χ2v) is 5.22. The minimum atomic E-state index is -0.217. The minimum absolute atomic E-state index is 0.217. The SMILES string of the molecule is CCNC(=NCc1cccc(OCC)c1)NCc1ccccc1F. The molecule has 0 aliphatic rings. The van der Waals surface area contributed by atoms with E-state index in [1.165, 1.54) is 6.07 Å². The minimum Gasteiger partial charge on any atom is -0.494 e. The summed E-state index contributed by atoms with van der Waals surface area (Å²) in [4.78, 5) is 4.55. The zero-order chi connectivity index (χ0) is 17.2. The topological polar surface area (TPSA) is 45.7 Å². The van der Waals surface area contributed by atoms with E-state index in [0.717, 1.165) is 17.9 Å². The van der Waals surface area contributed by atoms with Gasteiger partial charge in [-0.05, 0) is 37.6 Å². The van der Waals surface area contributed by atoms with Gasteiger partial charge in [0.1, 0.15) is 11.6 Å². The third kappa shape index (κ3) is 5.57. The van der Waals surface area contributed by atoms with E-state index in [1.54, 1.807) is 12.1 Å². The summed E-state index contributed by atoms with van der Waals surface area (Å²) in [5.41, 5.74) is 1.67. The van der Waals surface area contributed by atoms with Crippen LogP contribution in [0.5, 0.6) is 5.75 Å². The van der Waals surface area contributed by atoms with Crippen LogP contribution in [-0.2, 0) is 13.1 Å². The molecule has 0 heterocycles. The molecule has 0 aliphatic carbocycles. The Morgan fingerprint density at radius 3 is 2.67 bits per heavy atom. The molecule has 2 aromatic carbocycles. The fourth-order valence-corrected chi connectivity index (χ4v) is 2.23. The predicted molar refractivity (Wildman–Crippen MR) is 95.7 cm³/mol. The number of benzene rings is 2. The number of guanidine groups is 1. The van der Waals surface area contributed by atoms with Crippen molar-refractivity contribution in [2.75, 3.05) is 13.2 Å². The number of ether oxygens (including phenoxy) is 1. The second kappa shape index (κ2) is 9.55. The van der Waals surface area contributed by atoms with Crippen LogP contribution in [0.15, 0.2) is 53.5 Å². The van der Waals surface area contributed by atoms with E-state index in [-0.39, 0.29) is 5.82 Å². The van der Waals surface area contributed by atoms with Crippen LogP contribution in [0.4, 0.5) is 4.39 Å². The highest BCUT2D eigenvalue weighted by Crippen LogP contribution is 2.14. The lowest BCUT2D eigenvalue weighted by Crippen LogP contribution is -2.37. The number of nitrogens with zero attached hydrogens (tertiary/aromatic N) is 1. The Hall–Kier alpha value is -2.56. The largest absolute Gasteiger partial charge is 0.494 e. The molecule has 0 amide bonds. The van der Waals surface area contributed by atoms with Gasteiger partial charge in [0.05, 0.1) is 13.2 Å². The maximum Gasteiger partial charge on any atom is 0.191 e. The van der Waals surface area contributed by atoms with E-state index in [4.69, 9.17) is 4.74 Å². The molecule has 0 aromatic heterocycles. The Morgan fingerprint density at radius 1 is 1.08 bits per heavy atom. The first-order chi connectivity index (χ1) is 11.7. The lowest BCUT2D eigenvalue weighted by molar-refractivity contribution is 0.340. The van der Waals surface area contributed by atoms with Crippen molar-refractivity contribution in [2.45, 2.75) is 26.9 Å². The quantitative estimate of drug-likeness (QED) is 0.604. The highest BCUT2D eigenvalue weighted by molar-refractivity contribution is 5.79. The normalized spacial score (nSPS) is 11.2. The summed E-state index contributed by atoms with van der Waals surface area (Å²) in [6.45, 7) is 6.24. The van der Waals surface area contributed by atoms with Crippen LogP contribution in [0.3, 0.4) is 0 Å². The van der Waals surface area contributed by atoms with Gasteiger partial charge in [-0.2, -0.15) is 0 Å². The monoisotopic (exact) mass is 329 g/mol. The fourth-order valence-electron chi connectivity index (χ4n) is 2.23. The number of hydrogen-bond donors (Lipinski definition) is 2. The molecule has 0 saturated heterocycles. The van der Waals surface area contributed by atoms with Gasteiger partial charge in [0.15, 0.2) is 5.96 Å². The van der Waals surface area contributed by atoms with Crippen molar-refractivity contribution < 1.29 is 9.13 Å². The molecule has 0 unspecified atom stereocenters. The van der Waals surface area contributed by atoms with Crippen LogP contribution in [0.1, 0.15) is 25.0 Å². The van der Waals surface area contributed by atoms with E-state index in [0.29, 0.717) is 31.2 Å². The molecule has 128 valence electrons. The summed E-state index contributed by atoms with van der Waals surface area (Å²) >= 11 is 0. The summed E-state index contributed by atoms with van der Waals surface area (Å²) in [6.07, 6.45) is 0. The number of rotatable bonds is 7. The third-order valence-corrected chi connectivity index (χ3v) is 3.38. The van der Waals surface area contributed by atoms with E-state index in [2.05, 4.69) is 15.6 Å². The van der Waals surface area contributed by atoms with Gasteiger partial charge in [-0.3, -0.25) is 0 Å². The average Bonchev–Trinajstić information content (AvgIpc) is 2.59. The highest BCUT2D eigenvalue weighted by Gasteiger charge is 2.03. The Balaban J connectivity index is 2.00. The lowest BCUT2D eigenvalue weighted by atomic mass is 10.2. The molecule has 0 saturated carbocycles. The van der Waals surface area contributed by atoms with Gasteiger partial charge >= 0.3 is 0 Å². The Kier molecular flexibility index (Phi) is 7.08. The van der Waals surface area contributed by atoms with Crippen molar-refractivity contribution in [1.82, 2.24) is 10.6 Å². The van der Waals surface area contributed by atoms with Gasteiger partial charge in [-0.1, -0.05) is 30.3 Å². The van der Waals surface area contributed by atoms with Crippen molar-refractivity contribution in [2.24, 2.45) is 4.99 Å². The number of hydrogen-bond acceptors (Lipinski definition) is 2. The third-order valence-electron chi connectivity index (χ3n) is 3.38. The van der Waals surface area contributed by atoms with Crippen molar-refractivity contribution in [3.05, 3.63) is 65.5 Å². The molecular formula is C19H24FN3O. The number of nitrogens with one attached hydrogen (secondary N) is 2. The zero-order valence-electron chi connectivity index (χ0n) is 14.2. The number of halogens is 1. The highest BCUT2D eigenvalue weighted by atomic mass is 19.1. The van der Waals surface area contributed by atoms with Gasteiger partial charge in [0.2, 0.25) is 0 Å². The standard InChI is InChI=1S/C19H24FN3O/c1-3-21-19(23-14-16-9-5-6-11-18(16)20)22-13-15-8-7-10-17(12-15)24-4-2/h5-12H,3-4,13-14H2,1-2H3,(H2,21,22,23). The Bertz CT molecular complexity index is 673. The van der Waals surface area contributed by atoms with Crippen LogP contribution < -0.4 is 15.4 Å². The maximum absolute atomic E-state index is 13.7. The van der Waals surface area contributed by atoms with Crippen LogP contribution in [0.2, 0.25) is 0 Å². The fraction of sp³-hybridized carbons (Fsp3) is 0.316. The molecule has 0 fully saturated rings. The van der Waals surface area contributed by atoms with Gasteiger partial charge in [0, 0.05) is 18.7 Å². The van der Waals surface area contributed by atoms with Crippen LogP contribution in [-0.4, -0.2) is 19.1 Å². The Morgan fingerprint density at radius 2 is 1.92 bits per heavy atom. The van der Waals surface area contributed by atoms with E-state index in [9.17, 15) is 4.39 Å². The first kappa shape index (κ1) is 17.8. The number of aliphatic imine (C=N–C) groups is 1. The van der Waals surface area contributed by atoms with E-state index in [1.807, 2.05) is 44.2 Å². The molecule has 0 atom stereocenters. The predicted octanol–water partition coefficient (Wildman–Crippen LogP) is 3.48. The summed E-state index contributed by atoms with van der Waals surface area (Å²) in [7, 11) is 0. The van der Waals surface area contributed by atoms with Crippen molar-refractivity contribution in [3.8, 4) is 5.75 Å². The smallest absolute Gasteiger partial charge is 0.191 e. The first-order valence-electron chi connectivity index (χ1n) is 8.20. The molecular weight excluding hydrogens is 305 g/mol. The van der Waals surface area contributed by atoms with Gasteiger partial charge in [-0.25, -0.2) is 9.38 Å². The van der Waals surface area contributed by atoms with E-state index >= 15 is 0 Å².